The highest BCUT2D eigenvalue weighted by Gasteiger charge is 2.05. The molecule has 7 nitrogen and oxygen atoms in total. The number of ether oxygens (including phenoxy) is 1. The summed E-state index contributed by atoms with van der Waals surface area (Å²) < 4.78 is 7.04. The smallest absolute Gasteiger partial charge is 0.191 e. The van der Waals surface area contributed by atoms with Gasteiger partial charge in [0.15, 0.2) is 11.8 Å². The Bertz CT molecular complexity index is 659. The highest BCUT2D eigenvalue weighted by atomic mass is 127. The van der Waals surface area contributed by atoms with Crippen molar-refractivity contribution in [3.8, 4) is 0 Å². The zero-order valence-electron chi connectivity index (χ0n) is 15.7. The average Bonchev–Trinajstić information content (AvgIpc) is 2.95. The van der Waals surface area contributed by atoms with Crippen LogP contribution < -0.4 is 10.6 Å². The molecule has 0 saturated carbocycles. The molecule has 0 unspecified atom stereocenters. The van der Waals surface area contributed by atoms with Crippen LogP contribution in [-0.4, -0.2) is 47.5 Å². The molecule has 0 amide bonds. The molecule has 2 aromatic rings. The van der Waals surface area contributed by atoms with E-state index >= 15 is 0 Å². The Kier molecular flexibility index (Phi) is 10.9. The van der Waals surface area contributed by atoms with Crippen LogP contribution in [0.25, 0.3) is 0 Å². The second kappa shape index (κ2) is 12.6. The van der Waals surface area contributed by atoms with Crippen molar-refractivity contribution < 1.29 is 4.74 Å². The lowest BCUT2D eigenvalue weighted by molar-refractivity contribution is 0.195. The van der Waals surface area contributed by atoms with Gasteiger partial charge >= 0.3 is 0 Å². The van der Waals surface area contributed by atoms with E-state index < -0.39 is 0 Å². The van der Waals surface area contributed by atoms with Crippen LogP contribution in [0, 0.1) is 6.92 Å². The van der Waals surface area contributed by atoms with Crippen LogP contribution in [0.1, 0.15) is 23.6 Å². The molecule has 0 bridgehead atoms. The predicted octanol–water partition coefficient (Wildman–Crippen LogP) is 2.06. The van der Waals surface area contributed by atoms with Crippen molar-refractivity contribution in [2.75, 3.05) is 26.8 Å². The molecule has 1 heterocycles. The van der Waals surface area contributed by atoms with Gasteiger partial charge in [0, 0.05) is 33.9 Å². The van der Waals surface area contributed by atoms with Crippen molar-refractivity contribution in [3.63, 3.8) is 0 Å². The number of aryl methyl sites for hydroxylation is 1. The first kappa shape index (κ1) is 22.4. The van der Waals surface area contributed by atoms with E-state index in [1.54, 1.807) is 7.11 Å². The van der Waals surface area contributed by atoms with Crippen molar-refractivity contribution in [3.05, 3.63) is 47.5 Å². The van der Waals surface area contributed by atoms with E-state index in [4.69, 9.17) is 4.74 Å². The maximum absolute atomic E-state index is 5.09. The van der Waals surface area contributed by atoms with Crippen LogP contribution in [-0.2, 0) is 24.8 Å². The number of benzene rings is 1. The summed E-state index contributed by atoms with van der Waals surface area (Å²) in [5.74, 6) is 2.52. The topological polar surface area (TPSA) is 76.4 Å². The molecular weight excluding hydrogens is 443 g/mol. The van der Waals surface area contributed by atoms with Crippen LogP contribution in [0.15, 0.2) is 35.3 Å². The third kappa shape index (κ3) is 7.69. The lowest BCUT2D eigenvalue weighted by atomic mass is 10.1. The van der Waals surface area contributed by atoms with Crippen LogP contribution >= 0.6 is 24.0 Å². The Morgan fingerprint density at radius 3 is 2.54 bits per heavy atom. The van der Waals surface area contributed by atoms with Crippen LogP contribution in [0.3, 0.4) is 0 Å². The monoisotopic (exact) mass is 472 g/mol. The Morgan fingerprint density at radius 2 is 1.88 bits per heavy atom. The van der Waals surface area contributed by atoms with E-state index in [-0.39, 0.29) is 24.0 Å². The molecule has 1 aromatic carbocycles. The van der Waals surface area contributed by atoms with Gasteiger partial charge in [-0.25, -0.2) is 4.99 Å². The van der Waals surface area contributed by atoms with E-state index in [2.05, 4.69) is 50.1 Å². The quantitative estimate of drug-likeness (QED) is 0.253. The number of halogens is 1. The highest BCUT2D eigenvalue weighted by molar-refractivity contribution is 14.0. The maximum atomic E-state index is 5.09. The zero-order valence-corrected chi connectivity index (χ0v) is 18.1. The van der Waals surface area contributed by atoms with E-state index in [0.717, 1.165) is 50.1 Å². The minimum atomic E-state index is 0. The molecule has 26 heavy (non-hydrogen) atoms. The Labute approximate surface area is 172 Å². The summed E-state index contributed by atoms with van der Waals surface area (Å²) in [6, 6.07) is 10.4. The molecule has 0 atom stereocenters. The molecule has 8 heteroatoms. The molecule has 0 spiro atoms. The first-order valence-electron chi connectivity index (χ1n) is 8.60. The Hall–Kier alpha value is -1.68. The number of aromatic nitrogens is 3. The minimum Gasteiger partial charge on any atom is -0.385 e. The second-order valence-corrected chi connectivity index (χ2v) is 5.82. The molecule has 0 fully saturated rings. The van der Waals surface area contributed by atoms with Crippen LogP contribution in [0.4, 0.5) is 0 Å². The first-order chi connectivity index (χ1) is 12.2. The number of nitrogens with one attached hydrogen (secondary N) is 2. The summed E-state index contributed by atoms with van der Waals surface area (Å²) in [5, 5.41) is 14.9. The van der Waals surface area contributed by atoms with Crippen molar-refractivity contribution in [1.29, 1.82) is 0 Å². The molecule has 0 saturated heterocycles. The van der Waals surface area contributed by atoms with Crippen molar-refractivity contribution in [2.24, 2.45) is 12.0 Å². The van der Waals surface area contributed by atoms with Gasteiger partial charge in [0.25, 0.3) is 0 Å². The number of hydrogen-bond donors (Lipinski definition) is 2. The summed E-state index contributed by atoms with van der Waals surface area (Å²) in [5.41, 5.74) is 1.30. The van der Waals surface area contributed by atoms with Gasteiger partial charge in [-0.1, -0.05) is 30.3 Å². The highest BCUT2D eigenvalue weighted by Crippen LogP contribution is 2.00. The number of hydrogen-bond acceptors (Lipinski definition) is 4. The van der Waals surface area contributed by atoms with Gasteiger partial charge < -0.3 is 19.9 Å². The Morgan fingerprint density at radius 1 is 1.15 bits per heavy atom. The van der Waals surface area contributed by atoms with E-state index in [9.17, 15) is 0 Å². The van der Waals surface area contributed by atoms with Gasteiger partial charge in [-0.3, -0.25) is 0 Å². The number of nitrogens with zero attached hydrogens (tertiary/aromatic N) is 4. The molecule has 2 N–H and O–H groups in total. The molecule has 0 radical (unpaired) electrons. The molecule has 1 aromatic heterocycles. The van der Waals surface area contributed by atoms with Gasteiger partial charge in [0.2, 0.25) is 0 Å². The predicted molar refractivity (Wildman–Crippen MR) is 115 cm³/mol. The minimum absolute atomic E-state index is 0. The fourth-order valence-corrected chi connectivity index (χ4v) is 2.31. The number of rotatable bonds is 9. The Balaban J connectivity index is 0.00000338. The lowest BCUT2D eigenvalue weighted by Gasteiger charge is -2.12. The first-order valence-corrected chi connectivity index (χ1v) is 8.60. The maximum Gasteiger partial charge on any atom is 0.191 e. The van der Waals surface area contributed by atoms with Gasteiger partial charge in [0.1, 0.15) is 12.4 Å². The molecule has 0 aliphatic heterocycles. The summed E-state index contributed by atoms with van der Waals surface area (Å²) >= 11 is 0. The second-order valence-electron chi connectivity index (χ2n) is 5.82. The van der Waals surface area contributed by atoms with Crippen molar-refractivity contribution >= 4 is 29.9 Å². The normalized spacial score (nSPS) is 11.1. The summed E-state index contributed by atoms with van der Waals surface area (Å²) in [4.78, 5) is 4.63. The number of aliphatic imine (C=N–C) groups is 1. The largest absolute Gasteiger partial charge is 0.385 e. The lowest BCUT2D eigenvalue weighted by Crippen LogP contribution is -2.39. The van der Waals surface area contributed by atoms with Crippen molar-refractivity contribution in [1.82, 2.24) is 25.4 Å². The third-order valence-electron chi connectivity index (χ3n) is 3.93. The molecule has 144 valence electrons. The summed E-state index contributed by atoms with van der Waals surface area (Å²) in [6.45, 7) is 4.78. The molecular formula is C18H29IN6O. The zero-order chi connectivity index (χ0) is 17.9. The van der Waals surface area contributed by atoms with Crippen LogP contribution in [0.2, 0.25) is 0 Å². The van der Waals surface area contributed by atoms with Crippen LogP contribution in [0.5, 0.6) is 0 Å². The SMILES string of the molecule is COCCCNC(=NCc1nnc(C)n1C)NCCc1ccccc1.I. The number of guanidine groups is 1. The fraction of sp³-hybridized carbons (Fsp3) is 0.500. The standard InChI is InChI=1S/C18H28N6O.HI/c1-15-22-23-17(24(15)2)14-21-18(19-11-7-13-25-3)20-12-10-16-8-5-4-6-9-16;/h4-6,8-9H,7,10-14H2,1-3H3,(H2,19,20,21);1H. The fourth-order valence-electron chi connectivity index (χ4n) is 2.31. The van der Waals surface area contributed by atoms with E-state index in [0.29, 0.717) is 6.54 Å². The summed E-state index contributed by atoms with van der Waals surface area (Å²) in [6.07, 6.45) is 1.88. The number of methoxy groups -OCH3 is 1. The van der Waals surface area contributed by atoms with Gasteiger partial charge in [-0.2, -0.15) is 0 Å². The van der Waals surface area contributed by atoms with Gasteiger partial charge in [-0.15, -0.1) is 34.2 Å². The summed E-state index contributed by atoms with van der Waals surface area (Å²) in [7, 11) is 3.66. The van der Waals surface area contributed by atoms with Crippen molar-refractivity contribution in [2.45, 2.75) is 26.3 Å². The van der Waals surface area contributed by atoms with Gasteiger partial charge in [-0.05, 0) is 25.3 Å². The van der Waals surface area contributed by atoms with E-state index in [1.165, 1.54) is 5.56 Å². The van der Waals surface area contributed by atoms with Gasteiger partial charge in [0.05, 0.1) is 0 Å². The average molecular weight is 472 g/mol. The third-order valence-corrected chi connectivity index (χ3v) is 3.93. The molecule has 0 aliphatic rings. The van der Waals surface area contributed by atoms with E-state index in [1.807, 2.05) is 24.6 Å². The molecule has 0 aliphatic carbocycles. The molecule has 2 rings (SSSR count).